The number of carbonyl (C=O) groups is 1. The minimum absolute atomic E-state index is 0.117. The first-order valence-corrected chi connectivity index (χ1v) is 12.6. The van der Waals surface area contributed by atoms with Crippen LogP contribution in [0.2, 0.25) is 5.02 Å². The maximum atomic E-state index is 12.9. The van der Waals surface area contributed by atoms with E-state index in [0.29, 0.717) is 35.4 Å². The molecule has 0 aliphatic carbocycles. The van der Waals surface area contributed by atoms with Crippen molar-refractivity contribution in [2.24, 2.45) is 0 Å². The molecule has 0 radical (unpaired) electrons. The third-order valence-electron chi connectivity index (χ3n) is 5.72. The van der Waals surface area contributed by atoms with Crippen LogP contribution in [0.25, 0.3) is 0 Å². The summed E-state index contributed by atoms with van der Waals surface area (Å²) in [5.41, 5.74) is 4.56. The molecule has 0 saturated carbocycles. The van der Waals surface area contributed by atoms with Gasteiger partial charge in [0.1, 0.15) is 5.76 Å². The van der Waals surface area contributed by atoms with Crippen molar-refractivity contribution in [3.05, 3.63) is 87.8 Å². The fraction of sp³-hybridized carbons (Fsp3) is 0.320. The van der Waals surface area contributed by atoms with Gasteiger partial charge in [0.2, 0.25) is 0 Å². The summed E-state index contributed by atoms with van der Waals surface area (Å²) in [6.07, 6.45) is 0. The fourth-order valence-corrected chi connectivity index (χ4v) is 5.39. The summed E-state index contributed by atoms with van der Waals surface area (Å²) in [7, 11) is -1.18. The molecule has 4 rings (SSSR count). The Balaban J connectivity index is 1.33. The Labute approximate surface area is 196 Å². The van der Waals surface area contributed by atoms with Gasteiger partial charge >= 0.3 is 0 Å². The van der Waals surface area contributed by atoms with Crippen LogP contribution in [0.3, 0.4) is 0 Å². The number of hydrogen-bond acceptors (Lipinski definition) is 4. The molecule has 5 nitrogen and oxygen atoms in total. The quantitative estimate of drug-likeness (QED) is 0.511. The van der Waals surface area contributed by atoms with Crippen molar-refractivity contribution in [1.82, 2.24) is 4.90 Å². The zero-order valence-electron chi connectivity index (χ0n) is 18.3. The lowest BCUT2D eigenvalue weighted by molar-refractivity contribution is 0.0713. The van der Waals surface area contributed by atoms with E-state index in [9.17, 15) is 9.00 Å². The highest BCUT2D eigenvalue weighted by Gasteiger charge is 2.25. The fourth-order valence-electron chi connectivity index (χ4n) is 3.94. The number of rotatable bonds is 6. The number of nitrogens with zero attached hydrogens (tertiary/aromatic N) is 2. The summed E-state index contributed by atoms with van der Waals surface area (Å²) in [6.45, 7) is 7.06. The highest BCUT2D eigenvalue weighted by Crippen LogP contribution is 2.24. The molecule has 1 atom stereocenters. The maximum Gasteiger partial charge on any atom is 0.289 e. The number of hydrogen-bond donors (Lipinski definition) is 0. The van der Waals surface area contributed by atoms with Crippen molar-refractivity contribution < 1.29 is 13.4 Å². The van der Waals surface area contributed by atoms with Crippen LogP contribution in [0.5, 0.6) is 0 Å². The van der Waals surface area contributed by atoms with Crippen molar-refractivity contribution in [3.8, 4) is 0 Å². The molecule has 1 saturated heterocycles. The first-order valence-electron chi connectivity index (χ1n) is 10.7. The summed E-state index contributed by atoms with van der Waals surface area (Å²) < 4.78 is 18.3. The number of furan rings is 1. The topological polar surface area (TPSA) is 53.8 Å². The van der Waals surface area contributed by atoms with Gasteiger partial charge in [0, 0.05) is 47.7 Å². The molecular weight excluding hydrogens is 444 g/mol. The van der Waals surface area contributed by atoms with E-state index in [1.54, 1.807) is 18.2 Å². The molecule has 7 heteroatoms. The van der Waals surface area contributed by atoms with Crippen LogP contribution in [0.1, 0.15) is 33.0 Å². The molecule has 2 aromatic carbocycles. The van der Waals surface area contributed by atoms with E-state index >= 15 is 0 Å². The summed E-state index contributed by atoms with van der Waals surface area (Å²) in [5.74, 6) is 1.33. The summed E-state index contributed by atoms with van der Waals surface area (Å²) in [5, 5.41) is 0.608. The number of anilines is 1. The molecule has 32 heavy (non-hydrogen) atoms. The molecule has 2 heterocycles. The second-order valence-corrected chi connectivity index (χ2v) is 10.0. The largest absolute Gasteiger partial charge is 0.455 e. The Hall–Kier alpha value is -2.57. The third kappa shape index (κ3) is 5.25. The van der Waals surface area contributed by atoms with Crippen molar-refractivity contribution in [2.45, 2.75) is 25.4 Å². The molecule has 0 N–H and O–H groups in total. The summed E-state index contributed by atoms with van der Waals surface area (Å²) >= 11 is 6.16. The lowest BCUT2D eigenvalue weighted by Crippen LogP contribution is -2.49. The monoisotopic (exact) mass is 470 g/mol. The molecule has 1 fully saturated rings. The SMILES string of the molecule is Cc1ccc(C)c(N2CCN(C(=O)c3ccc(C[S@](=O)Cc4ccccc4Cl)o3)CC2)c1. The van der Waals surface area contributed by atoms with Gasteiger partial charge in [-0.15, -0.1) is 0 Å². The highest BCUT2D eigenvalue weighted by molar-refractivity contribution is 7.83. The number of piperazine rings is 1. The van der Waals surface area contributed by atoms with E-state index in [1.807, 2.05) is 23.1 Å². The Morgan fingerprint density at radius 2 is 1.75 bits per heavy atom. The number of halogens is 1. The minimum atomic E-state index is -1.18. The molecule has 168 valence electrons. The molecule has 0 unspecified atom stereocenters. The van der Waals surface area contributed by atoms with E-state index in [-0.39, 0.29) is 11.7 Å². The Kier molecular flexibility index (Phi) is 7.01. The second kappa shape index (κ2) is 9.92. The molecule has 3 aromatic rings. The number of benzene rings is 2. The highest BCUT2D eigenvalue weighted by atomic mass is 35.5. The van der Waals surface area contributed by atoms with Gasteiger partial charge in [0.25, 0.3) is 5.91 Å². The van der Waals surface area contributed by atoms with Crippen LogP contribution >= 0.6 is 11.6 Å². The average Bonchev–Trinajstić information content (AvgIpc) is 3.25. The van der Waals surface area contributed by atoms with Crippen molar-refractivity contribution in [3.63, 3.8) is 0 Å². The normalized spacial score (nSPS) is 15.1. The van der Waals surface area contributed by atoms with Crippen molar-refractivity contribution >= 4 is 34.0 Å². The van der Waals surface area contributed by atoms with Gasteiger partial charge in [-0.1, -0.05) is 41.9 Å². The molecule has 1 aliphatic heterocycles. The zero-order valence-corrected chi connectivity index (χ0v) is 19.9. The van der Waals surface area contributed by atoms with Crippen LogP contribution < -0.4 is 4.90 Å². The lowest BCUT2D eigenvalue weighted by Gasteiger charge is -2.36. The van der Waals surface area contributed by atoms with Gasteiger partial charge in [0.15, 0.2) is 5.76 Å². The van der Waals surface area contributed by atoms with Crippen LogP contribution in [0.15, 0.2) is 59.0 Å². The van der Waals surface area contributed by atoms with Crippen LogP contribution in [-0.2, 0) is 22.3 Å². The van der Waals surface area contributed by atoms with Crippen molar-refractivity contribution in [2.75, 3.05) is 31.1 Å². The van der Waals surface area contributed by atoms with Gasteiger partial charge in [-0.2, -0.15) is 0 Å². The third-order valence-corrected chi connectivity index (χ3v) is 7.33. The predicted molar refractivity (Wildman–Crippen MR) is 130 cm³/mol. The van der Waals surface area contributed by atoms with Gasteiger partial charge in [-0.25, -0.2) is 0 Å². The van der Waals surface area contributed by atoms with Crippen LogP contribution in [0.4, 0.5) is 5.69 Å². The van der Waals surface area contributed by atoms with E-state index in [0.717, 1.165) is 18.7 Å². The number of amides is 1. The molecule has 0 bridgehead atoms. The number of aryl methyl sites for hydroxylation is 2. The molecule has 1 aliphatic rings. The van der Waals surface area contributed by atoms with Gasteiger partial charge in [-0.3, -0.25) is 9.00 Å². The second-order valence-electron chi connectivity index (χ2n) is 8.16. The van der Waals surface area contributed by atoms with Crippen LogP contribution in [-0.4, -0.2) is 41.2 Å². The van der Waals surface area contributed by atoms with Gasteiger partial charge in [0.05, 0.1) is 11.5 Å². The maximum absolute atomic E-state index is 12.9. The standard InChI is InChI=1S/C25H27ClN2O3S/c1-18-7-8-19(2)23(15-18)27-11-13-28(14-12-27)25(29)24-10-9-21(31-24)17-32(30)16-20-5-3-4-6-22(20)26/h3-10,15H,11-14,16-17H2,1-2H3/t32-/m1/s1. The first-order chi connectivity index (χ1) is 15.4. The lowest BCUT2D eigenvalue weighted by atomic mass is 10.1. The summed E-state index contributed by atoms with van der Waals surface area (Å²) in [4.78, 5) is 17.1. The van der Waals surface area contributed by atoms with E-state index < -0.39 is 10.8 Å². The Bertz CT molecular complexity index is 1140. The molecular formula is C25H27ClN2O3S. The predicted octanol–water partition coefficient (Wildman–Crippen LogP) is 4.96. The molecule has 1 aromatic heterocycles. The zero-order chi connectivity index (χ0) is 22.7. The minimum Gasteiger partial charge on any atom is -0.455 e. The van der Waals surface area contributed by atoms with Gasteiger partial charge < -0.3 is 14.2 Å². The van der Waals surface area contributed by atoms with Crippen molar-refractivity contribution in [1.29, 1.82) is 0 Å². The summed E-state index contributed by atoms with van der Waals surface area (Å²) in [6, 6.07) is 17.3. The smallest absolute Gasteiger partial charge is 0.289 e. The van der Waals surface area contributed by atoms with E-state index in [1.165, 1.54) is 16.8 Å². The molecule has 0 spiro atoms. The Morgan fingerprint density at radius 1 is 1.00 bits per heavy atom. The van der Waals surface area contributed by atoms with E-state index in [4.69, 9.17) is 16.0 Å². The number of carbonyl (C=O) groups excluding carboxylic acids is 1. The van der Waals surface area contributed by atoms with E-state index in [2.05, 4.69) is 36.9 Å². The molecule has 1 amide bonds. The Morgan fingerprint density at radius 3 is 2.50 bits per heavy atom. The average molecular weight is 471 g/mol. The van der Waals surface area contributed by atoms with Crippen LogP contribution in [0, 0.1) is 13.8 Å². The van der Waals surface area contributed by atoms with Gasteiger partial charge in [-0.05, 0) is 54.8 Å². The first kappa shape index (κ1) is 22.6.